The SMILES string of the molecule is C/C=C\C1=CCC(CC(C)C)=N1.CC1CCCCC[C@H](C)COC(=O)CC(O)C(C)(C)C(=O)C(C)C1.CO. The molecule has 38 heavy (non-hydrogen) atoms. The lowest BCUT2D eigenvalue weighted by molar-refractivity contribution is -0.151. The van der Waals surface area contributed by atoms with Crippen molar-refractivity contribution >= 4 is 17.5 Å². The van der Waals surface area contributed by atoms with Gasteiger partial charge in [-0.3, -0.25) is 14.6 Å². The maximum absolute atomic E-state index is 12.8. The number of carbonyl (C=O) groups is 2. The molecule has 0 aromatic rings. The van der Waals surface area contributed by atoms with Crippen molar-refractivity contribution < 1.29 is 24.5 Å². The van der Waals surface area contributed by atoms with Crippen molar-refractivity contribution in [1.29, 1.82) is 0 Å². The predicted molar refractivity (Wildman–Crippen MR) is 158 cm³/mol. The molecule has 2 heterocycles. The fourth-order valence-corrected chi connectivity index (χ4v) is 4.95. The molecule has 1 saturated heterocycles. The van der Waals surface area contributed by atoms with Crippen LogP contribution in [0, 0.1) is 29.1 Å². The molecule has 0 aromatic heterocycles. The van der Waals surface area contributed by atoms with E-state index in [1.807, 2.05) is 19.9 Å². The van der Waals surface area contributed by atoms with E-state index in [0.29, 0.717) is 18.4 Å². The minimum absolute atomic E-state index is 0.0371. The summed E-state index contributed by atoms with van der Waals surface area (Å²) in [6.07, 6.45) is 13.9. The summed E-state index contributed by atoms with van der Waals surface area (Å²) in [6.45, 7) is 16.6. The molecule has 4 atom stereocenters. The Bertz CT molecular complexity index is 781. The first kappa shape index (κ1) is 36.2. The number of cyclic esters (lactones) is 1. The molecule has 0 spiro atoms. The second-order valence-electron chi connectivity index (χ2n) is 12.1. The number of nitrogens with zero attached hydrogens (tertiary/aromatic N) is 1. The molecule has 2 rings (SSSR count). The third-order valence-electron chi connectivity index (χ3n) is 7.27. The number of rotatable bonds is 3. The minimum atomic E-state index is -1.00. The van der Waals surface area contributed by atoms with Crippen LogP contribution in [0.2, 0.25) is 0 Å². The fraction of sp³-hybridized carbons (Fsp3) is 0.781. The van der Waals surface area contributed by atoms with Gasteiger partial charge in [0.15, 0.2) is 0 Å². The Labute approximate surface area is 233 Å². The molecule has 2 N–H and O–H groups in total. The van der Waals surface area contributed by atoms with Gasteiger partial charge in [-0.25, -0.2) is 0 Å². The number of aliphatic imine (C=N–C) groups is 1. The third-order valence-corrected chi connectivity index (χ3v) is 7.27. The third kappa shape index (κ3) is 14.4. The van der Waals surface area contributed by atoms with Crippen LogP contribution in [-0.4, -0.2) is 47.5 Å². The Balaban J connectivity index is 0.000000815. The number of hydrogen-bond donors (Lipinski definition) is 2. The molecule has 1 fully saturated rings. The van der Waals surface area contributed by atoms with Crippen LogP contribution in [0.3, 0.4) is 0 Å². The lowest BCUT2D eigenvalue weighted by atomic mass is 9.74. The van der Waals surface area contributed by atoms with Gasteiger partial charge in [-0.05, 0) is 50.0 Å². The average Bonchev–Trinajstić information content (AvgIpc) is 3.29. The molecule has 220 valence electrons. The molecule has 2 aliphatic heterocycles. The summed E-state index contributed by atoms with van der Waals surface area (Å²) >= 11 is 0. The zero-order valence-corrected chi connectivity index (χ0v) is 25.8. The van der Waals surface area contributed by atoms with Crippen LogP contribution < -0.4 is 0 Å². The number of Topliss-reactive ketones (excluding diaryl/α,β-unsaturated/α-hetero) is 1. The van der Waals surface area contributed by atoms with Gasteiger partial charge in [-0.1, -0.05) is 86.3 Å². The Morgan fingerprint density at radius 1 is 1.08 bits per heavy atom. The van der Waals surface area contributed by atoms with E-state index in [1.165, 1.54) is 18.6 Å². The first-order valence-corrected chi connectivity index (χ1v) is 14.6. The lowest BCUT2D eigenvalue weighted by Crippen LogP contribution is -2.42. The van der Waals surface area contributed by atoms with E-state index >= 15 is 0 Å². The van der Waals surface area contributed by atoms with Crippen molar-refractivity contribution in [3.8, 4) is 0 Å². The van der Waals surface area contributed by atoms with E-state index in [-0.39, 0.29) is 18.1 Å². The summed E-state index contributed by atoms with van der Waals surface area (Å²) in [6, 6.07) is 0. The van der Waals surface area contributed by atoms with Crippen molar-refractivity contribution in [2.24, 2.45) is 34.1 Å². The van der Waals surface area contributed by atoms with Gasteiger partial charge in [-0.15, -0.1) is 0 Å². The van der Waals surface area contributed by atoms with Gasteiger partial charge in [0.25, 0.3) is 0 Å². The molecule has 0 bridgehead atoms. The van der Waals surface area contributed by atoms with Crippen molar-refractivity contribution in [1.82, 2.24) is 0 Å². The van der Waals surface area contributed by atoms with E-state index < -0.39 is 17.5 Å². The second kappa shape index (κ2) is 19.3. The van der Waals surface area contributed by atoms with E-state index in [9.17, 15) is 14.7 Å². The molecular weight excluding hydrogens is 478 g/mol. The van der Waals surface area contributed by atoms with Crippen LogP contribution in [0.25, 0.3) is 0 Å². The number of ether oxygens (including phenoxy) is 1. The van der Waals surface area contributed by atoms with Crippen LogP contribution in [0.5, 0.6) is 0 Å². The van der Waals surface area contributed by atoms with E-state index in [0.717, 1.165) is 57.2 Å². The van der Waals surface area contributed by atoms with Gasteiger partial charge in [0.05, 0.1) is 30.2 Å². The van der Waals surface area contributed by atoms with E-state index in [4.69, 9.17) is 9.84 Å². The van der Waals surface area contributed by atoms with Crippen LogP contribution in [0.4, 0.5) is 0 Å². The Morgan fingerprint density at radius 3 is 2.26 bits per heavy atom. The first-order valence-electron chi connectivity index (χ1n) is 14.6. The van der Waals surface area contributed by atoms with Crippen LogP contribution >= 0.6 is 0 Å². The lowest BCUT2D eigenvalue weighted by Gasteiger charge is -2.32. The maximum Gasteiger partial charge on any atom is 0.308 e. The molecule has 6 heteroatoms. The molecule has 0 aromatic carbocycles. The predicted octanol–water partition coefficient (Wildman–Crippen LogP) is 7.08. The first-order chi connectivity index (χ1) is 17.9. The summed E-state index contributed by atoms with van der Waals surface area (Å²) in [5.74, 6) is 1.09. The van der Waals surface area contributed by atoms with Crippen molar-refractivity contribution in [3.63, 3.8) is 0 Å². The minimum Gasteiger partial charge on any atom is -0.465 e. The average molecular weight is 536 g/mol. The highest BCUT2D eigenvalue weighted by atomic mass is 16.5. The topological polar surface area (TPSA) is 96.2 Å². The second-order valence-corrected chi connectivity index (χ2v) is 12.1. The smallest absolute Gasteiger partial charge is 0.308 e. The van der Waals surface area contributed by atoms with Gasteiger partial charge < -0.3 is 14.9 Å². The normalized spacial score (nSPS) is 27.5. The molecular formula is C32H57NO5. The Kier molecular flexibility index (Phi) is 18.4. The monoisotopic (exact) mass is 535 g/mol. The number of hydrogen-bond acceptors (Lipinski definition) is 6. The van der Waals surface area contributed by atoms with Gasteiger partial charge in [0, 0.05) is 25.2 Å². The molecule has 0 radical (unpaired) electrons. The molecule has 3 unspecified atom stereocenters. The molecule has 0 amide bonds. The maximum atomic E-state index is 12.8. The van der Waals surface area contributed by atoms with Gasteiger partial charge in [0.2, 0.25) is 0 Å². The quantitative estimate of drug-likeness (QED) is 0.376. The number of aliphatic hydroxyl groups is 2. The van der Waals surface area contributed by atoms with Crippen molar-refractivity contribution in [3.05, 3.63) is 23.9 Å². The van der Waals surface area contributed by atoms with Crippen LogP contribution in [0.1, 0.15) is 113 Å². The highest BCUT2D eigenvalue weighted by molar-refractivity contribution is 5.89. The Morgan fingerprint density at radius 2 is 1.68 bits per heavy atom. The van der Waals surface area contributed by atoms with Crippen molar-refractivity contribution in [2.75, 3.05) is 13.7 Å². The van der Waals surface area contributed by atoms with E-state index in [2.05, 4.69) is 44.8 Å². The number of allylic oxidation sites excluding steroid dienone is 3. The number of carbonyl (C=O) groups excluding carboxylic acids is 2. The summed E-state index contributed by atoms with van der Waals surface area (Å²) in [5, 5.41) is 17.4. The van der Waals surface area contributed by atoms with Crippen LogP contribution in [-0.2, 0) is 14.3 Å². The zero-order valence-electron chi connectivity index (χ0n) is 25.8. The summed E-state index contributed by atoms with van der Waals surface area (Å²) in [4.78, 5) is 29.2. The van der Waals surface area contributed by atoms with Gasteiger partial charge in [-0.2, -0.15) is 0 Å². The Hall–Kier alpha value is -1.79. The van der Waals surface area contributed by atoms with Gasteiger partial charge in [0.1, 0.15) is 5.78 Å². The zero-order chi connectivity index (χ0) is 29.3. The summed E-state index contributed by atoms with van der Waals surface area (Å²) in [7, 11) is 1.00. The molecule has 6 nitrogen and oxygen atoms in total. The number of esters is 1. The summed E-state index contributed by atoms with van der Waals surface area (Å²) in [5.41, 5.74) is 1.53. The van der Waals surface area contributed by atoms with Crippen LogP contribution in [0.15, 0.2) is 28.9 Å². The molecule has 2 aliphatic rings. The molecule has 0 saturated carbocycles. The highest BCUT2D eigenvalue weighted by Gasteiger charge is 2.39. The molecule has 0 aliphatic carbocycles. The largest absolute Gasteiger partial charge is 0.465 e. The number of aliphatic hydroxyl groups excluding tert-OH is 2. The summed E-state index contributed by atoms with van der Waals surface area (Å²) < 4.78 is 5.29. The van der Waals surface area contributed by atoms with Crippen molar-refractivity contribution in [2.45, 2.75) is 119 Å². The number of ketones is 1. The standard InChI is InChI=1S/C20H36O4.C11H17N.CH4O/c1-14-9-7-6-8-10-15(2)13-24-18(22)12-17(21)20(4,5)19(23)16(3)11-14;1-4-5-10-6-7-11(12-10)8-9(2)3;1-2/h14-17,21H,6-13H2,1-5H3;4-6,9H,7-8H2,1-3H3;2H,1H3/b;5-4-;/t14?,15-,16?,17?;;/m0../s1. The van der Waals surface area contributed by atoms with Gasteiger partial charge >= 0.3 is 5.97 Å². The highest BCUT2D eigenvalue weighted by Crippen LogP contribution is 2.31. The fourth-order valence-electron chi connectivity index (χ4n) is 4.95. The van der Waals surface area contributed by atoms with E-state index in [1.54, 1.807) is 13.8 Å².